The second-order valence-corrected chi connectivity index (χ2v) is 7.46. The summed E-state index contributed by atoms with van der Waals surface area (Å²) in [4.78, 5) is 2.05. The second-order valence-electron chi connectivity index (χ2n) is 5.74. The fourth-order valence-electron chi connectivity index (χ4n) is 2.61. The highest BCUT2D eigenvalue weighted by Crippen LogP contribution is 2.33. The average Bonchev–Trinajstić information content (AvgIpc) is 2.50. The van der Waals surface area contributed by atoms with Gasteiger partial charge in [0.25, 0.3) is 0 Å². The number of anilines is 2. The molecule has 1 N–H and O–H groups in total. The first kappa shape index (κ1) is 15.7. The van der Waals surface area contributed by atoms with Crippen LogP contribution in [0.2, 0.25) is 0 Å². The third-order valence-electron chi connectivity index (χ3n) is 3.93. The maximum absolute atomic E-state index is 12.4. The molecular weight excluding hydrogens is 312 g/mol. The molecule has 0 amide bonds. The summed E-state index contributed by atoms with van der Waals surface area (Å²) in [5.74, 6) is 0.740. The van der Waals surface area contributed by atoms with Crippen LogP contribution in [0.15, 0.2) is 42.5 Å². The van der Waals surface area contributed by atoms with Crippen LogP contribution in [0.5, 0.6) is 5.75 Å². The molecule has 0 bridgehead atoms. The Morgan fingerprint density at radius 1 is 1.22 bits per heavy atom. The lowest BCUT2D eigenvalue weighted by molar-refractivity contribution is 0.311. The summed E-state index contributed by atoms with van der Waals surface area (Å²) in [5, 5.41) is 0. The lowest BCUT2D eigenvalue weighted by atomic mass is 10.1. The van der Waals surface area contributed by atoms with Crippen molar-refractivity contribution < 1.29 is 13.2 Å². The molecule has 0 atom stereocenters. The first-order valence-electron chi connectivity index (χ1n) is 7.47. The standard InChI is InChI=1S/C17H20N2O3S/c1-13-5-3-4-6-14(13)12-23(20,21)18-15-7-8-17-16(11-15)19(2)9-10-22-17/h3-8,11,18H,9-10,12H2,1-2H3. The van der Waals surface area contributed by atoms with Gasteiger partial charge < -0.3 is 9.64 Å². The third kappa shape index (κ3) is 3.59. The Bertz CT molecular complexity index is 818. The van der Waals surface area contributed by atoms with E-state index < -0.39 is 10.0 Å². The number of sulfonamides is 1. The van der Waals surface area contributed by atoms with Crippen LogP contribution in [-0.2, 0) is 15.8 Å². The van der Waals surface area contributed by atoms with Gasteiger partial charge in [0.05, 0.1) is 23.7 Å². The molecule has 0 saturated heterocycles. The third-order valence-corrected chi connectivity index (χ3v) is 5.17. The van der Waals surface area contributed by atoms with E-state index in [1.165, 1.54) is 0 Å². The van der Waals surface area contributed by atoms with E-state index in [1.807, 2.05) is 44.3 Å². The highest BCUT2D eigenvalue weighted by atomic mass is 32.2. The molecule has 6 heteroatoms. The Balaban J connectivity index is 1.81. The van der Waals surface area contributed by atoms with Crippen LogP contribution in [0, 0.1) is 6.92 Å². The Morgan fingerprint density at radius 2 is 2.00 bits per heavy atom. The summed E-state index contributed by atoms with van der Waals surface area (Å²) in [6.45, 7) is 3.34. The van der Waals surface area contributed by atoms with Gasteiger partial charge in [-0.15, -0.1) is 0 Å². The summed E-state index contributed by atoms with van der Waals surface area (Å²) in [6.07, 6.45) is 0. The van der Waals surface area contributed by atoms with Gasteiger partial charge in [0, 0.05) is 7.05 Å². The van der Waals surface area contributed by atoms with Gasteiger partial charge in [-0.1, -0.05) is 24.3 Å². The van der Waals surface area contributed by atoms with Crippen molar-refractivity contribution in [2.75, 3.05) is 29.8 Å². The quantitative estimate of drug-likeness (QED) is 0.935. The van der Waals surface area contributed by atoms with Crippen LogP contribution in [-0.4, -0.2) is 28.6 Å². The van der Waals surface area contributed by atoms with Crippen molar-refractivity contribution in [3.8, 4) is 5.75 Å². The number of benzene rings is 2. The Morgan fingerprint density at radius 3 is 2.78 bits per heavy atom. The van der Waals surface area contributed by atoms with Crippen molar-refractivity contribution in [1.82, 2.24) is 0 Å². The van der Waals surface area contributed by atoms with Crippen molar-refractivity contribution in [2.24, 2.45) is 0 Å². The molecule has 0 unspecified atom stereocenters. The number of fused-ring (bicyclic) bond motifs is 1. The molecule has 3 rings (SSSR count). The number of rotatable bonds is 4. The number of ether oxygens (including phenoxy) is 1. The van der Waals surface area contributed by atoms with Crippen LogP contribution >= 0.6 is 0 Å². The molecule has 1 aliphatic rings. The fraction of sp³-hybridized carbons (Fsp3) is 0.294. The Hall–Kier alpha value is -2.21. The van der Waals surface area contributed by atoms with E-state index in [4.69, 9.17) is 4.74 Å². The minimum absolute atomic E-state index is 0.0386. The van der Waals surface area contributed by atoms with E-state index >= 15 is 0 Å². The number of nitrogens with one attached hydrogen (secondary N) is 1. The van der Waals surface area contributed by atoms with Gasteiger partial charge in [0.2, 0.25) is 10.0 Å². The lowest BCUT2D eigenvalue weighted by Crippen LogP contribution is -2.28. The Labute approximate surface area is 136 Å². The van der Waals surface area contributed by atoms with E-state index in [9.17, 15) is 8.42 Å². The van der Waals surface area contributed by atoms with Crippen molar-refractivity contribution in [2.45, 2.75) is 12.7 Å². The normalized spacial score (nSPS) is 14.1. The van der Waals surface area contributed by atoms with Crippen LogP contribution in [0.4, 0.5) is 11.4 Å². The van der Waals surface area contributed by atoms with Gasteiger partial charge in [0.15, 0.2) is 0 Å². The molecule has 0 fully saturated rings. The van der Waals surface area contributed by atoms with Gasteiger partial charge in [0.1, 0.15) is 12.4 Å². The van der Waals surface area contributed by atoms with Crippen molar-refractivity contribution in [1.29, 1.82) is 0 Å². The van der Waals surface area contributed by atoms with E-state index in [0.29, 0.717) is 12.3 Å². The lowest BCUT2D eigenvalue weighted by Gasteiger charge is -2.28. The molecule has 23 heavy (non-hydrogen) atoms. The highest BCUT2D eigenvalue weighted by molar-refractivity contribution is 7.91. The first-order valence-corrected chi connectivity index (χ1v) is 9.13. The molecule has 1 heterocycles. The topological polar surface area (TPSA) is 58.6 Å². The Kier molecular flexibility index (Phi) is 4.17. The van der Waals surface area contributed by atoms with E-state index in [0.717, 1.165) is 29.1 Å². The molecule has 2 aromatic carbocycles. The van der Waals surface area contributed by atoms with Gasteiger partial charge in [-0.05, 0) is 36.2 Å². The van der Waals surface area contributed by atoms with Crippen molar-refractivity contribution >= 4 is 21.4 Å². The fourth-order valence-corrected chi connectivity index (χ4v) is 3.90. The SMILES string of the molecule is Cc1ccccc1CS(=O)(=O)Nc1ccc2c(c1)N(C)CCO2. The summed E-state index contributed by atoms with van der Waals surface area (Å²) in [5.41, 5.74) is 3.22. The van der Waals surface area contributed by atoms with Gasteiger partial charge in [-0.2, -0.15) is 0 Å². The molecule has 0 aliphatic carbocycles. The molecule has 2 aromatic rings. The molecule has 0 saturated carbocycles. The number of likely N-dealkylation sites (N-methyl/N-ethyl adjacent to an activating group) is 1. The van der Waals surface area contributed by atoms with Crippen LogP contribution in [0.3, 0.4) is 0 Å². The van der Waals surface area contributed by atoms with Crippen LogP contribution in [0.25, 0.3) is 0 Å². The summed E-state index contributed by atoms with van der Waals surface area (Å²) in [6, 6.07) is 12.8. The summed E-state index contributed by atoms with van der Waals surface area (Å²) < 4.78 is 33.1. The summed E-state index contributed by atoms with van der Waals surface area (Å²) in [7, 11) is -1.50. The predicted molar refractivity (Wildman–Crippen MR) is 92.6 cm³/mol. The largest absolute Gasteiger partial charge is 0.490 e. The zero-order valence-electron chi connectivity index (χ0n) is 13.2. The zero-order valence-corrected chi connectivity index (χ0v) is 14.1. The highest BCUT2D eigenvalue weighted by Gasteiger charge is 2.18. The molecule has 5 nitrogen and oxygen atoms in total. The van der Waals surface area contributed by atoms with Crippen LogP contribution < -0.4 is 14.4 Å². The van der Waals surface area contributed by atoms with Gasteiger partial charge >= 0.3 is 0 Å². The number of hydrogen-bond acceptors (Lipinski definition) is 4. The van der Waals surface area contributed by atoms with Crippen molar-refractivity contribution in [3.05, 3.63) is 53.6 Å². The average molecular weight is 332 g/mol. The molecule has 0 radical (unpaired) electrons. The molecule has 1 aliphatic heterocycles. The van der Waals surface area contributed by atoms with E-state index in [1.54, 1.807) is 12.1 Å². The zero-order chi connectivity index (χ0) is 16.4. The number of hydrogen-bond donors (Lipinski definition) is 1. The minimum atomic E-state index is -3.46. The number of aryl methyl sites for hydroxylation is 1. The number of nitrogens with zero attached hydrogens (tertiary/aromatic N) is 1. The van der Waals surface area contributed by atoms with Crippen LogP contribution in [0.1, 0.15) is 11.1 Å². The van der Waals surface area contributed by atoms with E-state index in [-0.39, 0.29) is 5.75 Å². The van der Waals surface area contributed by atoms with E-state index in [2.05, 4.69) is 9.62 Å². The second kappa shape index (κ2) is 6.12. The molecule has 122 valence electrons. The molecule has 0 spiro atoms. The minimum Gasteiger partial charge on any atom is -0.490 e. The van der Waals surface area contributed by atoms with Crippen molar-refractivity contribution in [3.63, 3.8) is 0 Å². The monoisotopic (exact) mass is 332 g/mol. The maximum atomic E-state index is 12.4. The van der Waals surface area contributed by atoms with Gasteiger partial charge in [-0.3, -0.25) is 4.72 Å². The molecule has 0 aromatic heterocycles. The predicted octanol–water partition coefficient (Wildman–Crippen LogP) is 2.77. The van der Waals surface area contributed by atoms with Gasteiger partial charge in [-0.25, -0.2) is 8.42 Å². The summed E-state index contributed by atoms with van der Waals surface area (Å²) >= 11 is 0. The molecular formula is C17H20N2O3S. The first-order chi connectivity index (χ1) is 10.9. The smallest absolute Gasteiger partial charge is 0.236 e. The maximum Gasteiger partial charge on any atom is 0.236 e.